The lowest BCUT2D eigenvalue weighted by molar-refractivity contribution is -0.0592. The Bertz CT molecular complexity index is 1100. The highest BCUT2D eigenvalue weighted by molar-refractivity contribution is 9.10. The molecule has 0 radical (unpaired) electrons. The van der Waals surface area contributed by atoms with Crippen LogP contribution >= 0.6 is 15.9 Å². The first-order chi connectivity index (χ1) is 15.1. The standard InChI is InChI=1S/C24H27BrN4O2/c1-16(30)18-5-6-21-22(13-18)29(14-19-9-12-31-19)24(27-21)15-28-10-7-17(8-11-28)20-3-2-4-23(25)26-20/h2-6,13,17,19H,7-12,14-15H2,1H3/t19-/m0/s1. The van der Waals surface area contributed by atoms with Crippen LogP contribution in [0.5, 0.6) is 0 Å². The number of piperidine rings is 1. The molecule has 5 rings (SSSR count). The third-order valence-corrected chi connectivity index (χ3v) is 6.96. The number of rotatable bonds is 6. The van der Waals surface area contributed by atoms with Crippen molar-refractivity contribution in [2.24, 2.45) is 0 Å². The van der Waals surface area contributed by atoms with Gasteiger partial charge in [0.25, 0.3) is 0 Å². The number of carbonyl (C=O) groups excluding carboxylic acids is 1. The van der Waals surface area contributed by atoms with Crippen LogP contribution in [0.2, 0.25) is 0 Å². The van der Waals surface area contributed by atoms with Crippen molar-refractivity contribution in [1.82, 2.24) is 19.4 Å². The van der Waals surface area contributed by atoms with Gasteiger partial charge in [0.05, 0.1) is 30.2 Å². The van der Waals surface area contributed by atoms with E-state index >= 15 is 0 Å². The van der Waals surface area contributed by atoms with Crippen LogP contribution in [0.4, 0.5) is 0 Å². The molecule has 1 aromatic carbocycles. The predicted octanol–water partition coefficient (Wildman–Crippen LogP) is 4.56. The van der Waals surface area contributed by atoms with Gasteiger partial charge in [0.1, 0.15) is 10.4 Å². The van der Waals surface area contributed by atoms with E-state index < -0.39 is 0 Å². The molecule has 0 spiro atoms. The molecule has 2 saturated heterocycles. The maximum atomic E-state index is 11.9. The van der Waals surface area contributed by atoms with Crippen LogP contribution in [0, 0.1) is 0 Å². The van der Waals surface area contributed by atoms with Crippen molar-refractivity contribution in [3.8, 4) is 0 Å². The molecule has 0 unspecified atom stereocenters. The molecule has 31 heavy (non-hydrogen) atoms. The second-order valence-corrected chi connectivity index (χ2v) is 9.43. The predicted molar refractivity (Wildman–Crippen MR) is 123 cm³/mol. The summed E-state index contributed by atoms with van der Waals surface area (Å²) >= 11 is 3.49. The molecular formula is C24H27BrN4O2. The maximum Gasteiger partial charge on any atom is 0.159 e. The van der Waals surface area contributed by atoms with Crippen molar-refractivity contribution in [2.75, 3.05) is 19.7 Å². The van der Waals surface area contributed by atoms with Gasteiger partial charge in [-0.3, -0.25) is 9.69 Å². The summed E-state index contributed by atoms with van der Waals surface area (Å²) in [5.74, 6) is 1.65. The Morgan fingerprint density at radius 1 is 1.16 bits per heavy atom. The molecule has 0 amide bonds. The minimum absolute atomic E-state index is 0.0827. The van der Waals surface area contributed by atoms with Crippen molar-refractivity contribution in [1.29, 1.82) is 0 Å². The topological polar surface area (TPSA) is 60.2 Å². The molecule has 2 aromatic heterocycles. The first-order valence-electron chi connectivity index (χ1n) is 11.0. The summed E-state index contributed by atoms with van der Waals surface area (Å²) in [4.78, 5) is 24.0. The van der Waals surface area contributed by atoms with Crippen LogP contribution in [0.25, 0.3) is 11.0 Å². The largest absolute Gasteiger partial charge is 0.376 e. The zero-order valence-electron chi connectivity index (χ0n) is 17.8. The fraction of sp³-hybridized carbons (Fsp3) is 0.458. The lowest BCUT2D eigenvalue weighted by Gasteiger charge is -2.32. The number of carbonyl (C=O) groups is 1. The number of halogens is 1. The Hall–Kier alpha value is -2.09. The van der Waals surface area contributed by atoms with E-state index in [4.69, 9.17) is 9.72 Å². The Labute approximate surface area is 190 Å². The summed E-state index contributed by atoms with van der Waals surface area (Å²) in [6.07, 6.45) is 3.52. The van der Waals surface area contributed by atoms with Gasteiger partial charge in [-0.05, 0) is 85.5 Å². The van der Waals surface area contributed by atoms with Gasteiger partial charge >= 0.3 is 0 Å². The number of hydrogen-bond acceptors (Lipinski definition) is 5. The van der Waals surface area contributed by atoms with Crippen molar-refractivity contribution < 1.29 is 9.53 Å². The third kappa shape index (κ3) is 4.45. The summed E-state index contributed by atoms with van der Waals surface area (Å²) in [7, 11) is 0. The molecule has 0 aliphatic carbocycles. The van der Waals surface area contributed by atoms with Gasteiger partial charge < -0.3 is 9.30 Å². The number of likely N-dealkylation sites (tertiary alicyclic amines) is 1. The number of benzene rings is 1. The van der Waals surface area contributed by atoms with E-state index in [1.165, 1.54) is 5.69 Å². The zero-order chi connectivity index (χ0) is 21.4. The molecule has 6 nitrogen and oxygen atoms in total. The lowest BCUT2D eigenvalue weighted by Crippen LogP contribution is -2.35. The van der Waals surface area contributed by atoms with E-state index in [1.807, 2.05) is 24.3 Å². The fourth-order valence-corrected chi connectivity index (χ4v) is 4.94. The first-order valence-corrected chi connectivity index (χ1v) is 11.8. The monoisotopic (exact) mass is 482 g/mol. The Kier molecular flexibility index (Phi) is 5.91. The first kappa shape index (κ1) is 20.8. The Morgan fingerprint density at radius 3 is 2.65 bits per heavy atom. The van der Waals surface area contributed by atoms with E-state index in [2.05, 4.69) is 42.5 Å². The van der Waals surface area contributed by atoms with E-state index in [0.29, 0.717) is 5.92 Å². The average molecular weight is 483 g/mol. The minimum Gasteiger partial charge on any atom is -0.376 e. The quantitative estimate of drug-likeness (QED) is 0.380. The number of hydrogen-bond donors (Lipinski definition) is 0. The highest BCUT2D eigenvalue weighted by Gasteiger charge is 2.26. The molecule has 2 aliphatic heterocycles. The van der Waals surface area contributed by atoms with Crippen molar-refractivity contribution in [2.45, 2.75) is 51.3 Å². The van der Waals surface area contributed by atoms with Gasteiger partial charge in [0.2, 0.25) is 0 Å². The highest BCUT2D eigenvalue weighted by Crippen LogP contribution is 2.29. The summed E-state index contributed by atoms with van der Waals surface area (Å²) in [5.41, 5.74) is 3.90. The SMILES string of the molecule is CC(=O)c1ccc2nc(CN3CCC(c4cccc(Br)n4)CC3)n(C[C@@H]3CCO3)c2c1. The summed E-state index contributed by atoms with van der Waals surface area (Å²) in [5, 5.41) is 0. The highest BCUT2D eigenvalue weighted by atomic mass is 79.9. The number of pyridine rings is 1. The number of ether oxygens (including phenoxy) is 1. The lowest BCUT2D eigenvalue weighted by atomic mass is 9.93. The Balaban J connectivity index is 1.35. The maximum absolute atomic E-state index is 11.9. The number of Topliss-reactive ketones (excluding diaryl/α,β-unsaturated/α-hetero) is 1. The van der Waals surface area contributed by atoms with Crippen LogP contribution < -0.4 is 0 Å². The van der Waals surface area contributed by atoms with Crippen LogP contribution in [0.15, 0.2) is 41.0 Å². The molecule has 0 saturated carbocycles. The molecular weight excluding hydrogens is 456 g/mol. The number of ketones is 1. The second kappa shape index (κ2) is 8.81. The van der Waals surface area contributed by atoms with Gasteiger partial charge in [-0.2, -0.15) is 0 Å². The minimum atomic E-state index is 0.0827. The summed E-state index contributed by atoms with van der Waals surface area (Å²) in [6.45, 7) is 6.12. The summed E-state index contributed by atoms with van der Waals surface area (Å²) in [6, 6.07) is 12.0. The fourth-order valence-electron chi connectivity index (χ4n) is 4.59. The molecule has 2 aliphatic rings. The zero-order valence-corrected chi connectivity index (χ0v) is 19.3. The van der Waals surface area contributed by atoms with Crippen molar-refractivity contribution in [3.63, 3.8) is 0 Å². The Morgan fingerprint density at radius 2 is 1.97 bits per heavy atom. The van der Waals surface area contributed by atoms with Gasteiger partial charge in [0, 0.05) is 23.8 Å². The molecule has 0 bridgehead atoms. The van der Waals surface area contributed by atoms with E-state index in [9.17, 15) is 4.79 Å². The van der Waals surface area contributed by atoms with Gasteiger partial charge in [0.15, 0.2) is 5.78 Å². The molecule has 7 heteroatoms. The molecule has 4 heterocycles. The van der Waals surface area contributed by atoms with E-state index in [-0.39, 0.29) is 11.9 Å². The van der Waals surface area contributed by atoms with Gasteiger partial charge in [-0.15, -0.1) is 0 Å². The van der Waals surface area contributed by atoms with Crippen LogP contribution in [0.3, 0.4) is 0 Å². The van der Waals surface area contributed by atoms with Crippen molar-refractivity contribution >= 4 is 32.7 Å². The van der Waals surface area contributed by atoms with E-state index in [0.717, 1.165) is 79.1 Å². The number of nitrogens with zero attached hydrogens (tertiary/aromatic N) is 4. The average Bonchev–Trinajstić information content (AvgIpc) is 3.07. The van der Waals surface area contributed by atoms with Crippen LogP contribution in [0.1, 0.15) is 54.0 Å². The second-order valence-electron chi connectivity index (χ2n) is 8.62. The van der Waals surface area contributed by atoms with Crippen LogP contribution in [-0.4, -0.2) is 51.0 Å². The molecule has 162 valence electrons. The van der Waals surface area contributed by atoms with Gasteiger partial charge in [-0.1, -0.05) is 6.07 Å². The van der Waals surface area contributed by atoms with E-state index in [1.54, 1.807) is 6.92 Å². The number of fused-ring (bicyclic) bond motifs is 1. The molecule has 3 aromatic rings. The molecule has 0 N–H and O–H groups in total. The van der Waals surface area contributed by atoms with Crippen LogP contribution in [-0.2, 0) is 17.8 Å². The smallest absolute Gasteiger partial charge is 0.159 e. The third-order valence-electron chi connectivity index (χ3n) is 6.52. The molecule has 1 atom stereocenters. The normalized spacial score (nSPS) is 20.1. The van der Waals surface area contributed by atoms with Gasteiger partial charge in [-0.25, -0.2) is 9.97 Å². The molecule has 2 fully saturated rings. The number of imidazole rings is 1. The summed E-state index contributed by atoms with van der Waals surface area (Å²) < 4.78 is 8.89. The van der Waals surface area contributed by atoms with Crippen molar-refractivity contribution in [3.05, 3.63) is 58.1 Å². The number of aromatic nitrogens is 3.